The van der Waals surface area contributed by atoms with Gasteiger partial charge in [-0.25, -0.2) is 4.39 Å². The third kappa shape index (κ3) is 2.74. The highest BCUT2D eigenvalue weighted by Crippen LogP contribution is 2.16. The first-order chi connectivity index (χ1) is 8.20. The zero-order valence-electron chi connectivity index (χ0n) is 9.23. The summed E-state index contributed by atoms with van der Waals surface area (Å²) in [4.78, 5) is 1.67. The second-order valence-corrected chi connectivity index (χ2v) is 3.83. The average Bonchev–Trinajstić information content (AvgIpc) is 2.81. The van der Waals surface area contributed by atoms with E-state index in [2.05, 4.69) is 10.2 Å². The average molecular weight is 256 g/mol. The van der Waals surface area contributed by atoms with Crippen molar-refractivity contribution in [1.82, 2.24) is 10.2 Å². The summed E-state index contributed by atoms with van der Waals surface area (Å²) in [6.45, 7) is 0.358. The maximum Gasteiger partial charge on any atom is 0.318 e. The molecule has 1 aromatic carbocycles. The summed E-state index contributed by atoms with van der Waals surface area (Å²) in [5.74, 6) is 0.263. The molecule has 0 atom stereocenters. The van der Waals surface area contributed by atoms with Crippen LogP contribution in [0.2, 0.25) is 0 Å². The van der Waals surface area contributed by atoms with Crippen LogP contribution in [0, 0.1) is 5.82 Å². The van der Waals surface area contributed by atoms with Gasteiger partial charge in [0.15, 0.2) is 0 Å². The van der Waals surface area contributed by atoms with Crippen LogP contribution in [-0.2, 0) is 12.4 Å². The van der Waals surface area contributed by atoms with E-state index in [4.69, 9.17) is 16.0 Å². The van der Waals surface area contributed by atoms with E-state index < -0.39 is 0 Å². The van der Waals surface area contributed by atoms with Gasteiger partial charge in [0.05, 0.1) is 0 Å². The second kappa shape index (κ2) is 5.14. The zero-order chi connectivity index (χ0) is 12.3. The fourth-order valence-corrected chi connectivity index (χ4v) is 1.51. The van der Waals surface area contributed by atoms with Gasteiger partial charge in [-0.3, -0.25) is 0 Å². The van der Waals surface area contributed by atoms with Gasteiger partial charge in [-0.15, -0.1) is 16.7 Å². The second-order valence-electron chi connectivity index (χ2n) is 3.56. The maximum atomic E-state index is 13.4. The minimum Gasteiger partial charge on any atom is -0.407 e. The number of aromatic nitrogens is 2. The third-order valence-corrected chi connectivity index (χ3v) is 2.49. The largest absolute Gasteiger partial charge is 0.407 e. The summed E-state index contributed by atoms with van der Waals surface area (Å²) in [7, 11) is 1.75. The van der Waals surface area contributed by atoms with Crippen LogP contribution in [0.1, 0.15) is 11.5 Å². The van der Waals surface area contributed by atoms with Gasteiger partial charge in [0.1, 0.15) is 11.7 Å². The summed E-state index contributed by atoms with van der Waals surface area (Å²) in [5.41, 5.74) is 0.570. The van der Waals surface area contributed by atoms with Crippen LogP contribution < -0.4 is 4.90 Å². The van der Waals surface area contributed by atoms with Crippen LogP contribution in [0.15, 0.2) is 28.7 Å². The molecule has 0 aliphatic heterocycles. The van der Waals surface area contributed by atoms with Crippen LogP contribution in [0.4, 0.5) is 10.4 Å². The Labute approximate surface area is 103 Å². The van der Waals surface area contributed by atoms with Gasteiger partial charge in [-0.1, -0.05) is 23.3 Å². The van der Waals surface area contributed by atoms with Crippen LogP contribution in [0.25, 0.3) is 0 Å². The highest BCUT2D eigenvalue weighted by atomic mass is 35.5. The summed E-state index contributed by atoms with van der Waals surface area (Å²) < 4.78 is 18.7. The predicted octanol–water partition coefficient (Wildman–Crippen LogP) is 2.58. The molecule has 17 heavy (non-hydrogen) atoms. The maximum absolute atomic E-state index is 13.4. The smallest absolute Gasteiger partial charge is 0.318 e. The fraction of sp³-hybridized carbons (Fsp3) is 0.273. The Kier molecular flexibility index (Phi) is 3.58. The lowest BCUT2D eigenvalue weighted by atomic mass is 10.2. The van der Waals surface area contributed by atoms with Gasteiger partial charge < -0.3 is 9.32 Å². The lowest BCUT2D eigenvalue weighted by Gasteiger charge is -2.14. The van der Waals surface area contributed by atoms with Gasteiger partial charge in [0.25, 0.3) is 0 Å². The molecule has 1 aromatic heterocycles. The summed E-state index contributed by atoms with van der Waals surface area (Å²) in [5, 5.41) is 7.55. The summed E-state index contributed by atoms with van der Waals surface area (Å²) in [6.07, 6.45) is 0. The molecule has 1 heterocycles. The van der Waals surface area contributed by atoms with Gasteiger partial charge in [-0.05, 0) is 6.07 Å². The zero-order valence-corrected chi connectivity index (χ0v) is 9.99. The topological polar surface area (TPSA) is 42.2 Å². The standard InChI is InChI=1S/C11H11ClFN3O/c1-16(11-15-14-10(6-12)17-11)7-8-4-2-3-5-9(8)13/h2-5H,6-7H2,1H3. The third-order valence-electron chi connectivity index (χ3n) is 2.26. The van der Waals surface area contributed by atoms with Gasteiger partial charge in [0.2, 0.25) is 5.89 Å². The predicted molar refractivity (Wildman–Crippen MR) is 62.4 cm³/mol. The van der Waals surface area contributed by atoms with Crippen molar-refractivity contribution >= 4 is 17.6 Å². The quantitative estimate of drug-likeness (QED) is 0.788. The Balaban J connectivity index is 2.11. The number of hydrogen-bond donors (Lipinski definition) is 0. The van der Waals surface area contributed by atoms with E-state index in [9.17, 15) is 4.39 Å². The van der Waals surface area contributed by atoms with Crippen molar-refractivity contribution in [2.24, 2.45) is 0 Å². The van der Waals surface area contributed by atoms with Crippen LogP contribution in [0.5, 0.6) is 0 Å². The first-order valence-electron chi connectivity index (χ1n) is 5.03. The van der Waals surface area contributed by atoms with Crippen LogP contribution in [-0.4, -0.2) is 17.2 Å². The highest BCUT2D eigenvalue weighted by molar-refractivity contribution is 6.16. The first kappa shape index (κ1) is 11.9. The molecule has 0 aliphatic carbocycles. The summed E-state index contributed by atoms with van der Waals surface area (Å²) in [6, 6.07) is 6.89. The normalized spacial score (nSPS) is 10.5. The molecule has 90 valence electrons. The molecule has 2 aromatic rings. The number of halogens is 2. The van der Waals surface area contributed by atoms with Crippen molar-refractivity contribution in [3.63, 3.8) is 0 Å². The Hall–Kier alpha value is -1.62. The molecule has 0 unspecified atom stereocenters. The molecule has 0 fully saturated rings. The molecule has 0 saturated heterocycles. The number of hydrogen-bond acceptors (Lipinski definition) is 4. The van der Waals surface area contributed by atoms with Crippen molar-refractivity contribution < 1.29 is 8.81 Å². The number of alkyl halides is 1. The molecule has 0 aliphatic rings. The van der Waals surface area contributed by atoms with E-state index in [1.54, 1.807) is 30.1 Å². The molecule has 0 spiro atoms. The fourth-order valence-electron chi connectivity index (χ4n) is 1.40. The van der Waals surface area contributed by atoms with Crippen molar-refractivity contribution in [3.8, 4) is 0 Å². The van der Waals surface area contributed by atoms with E-state index >= 15 is 0 Å². The van der Waals surface area contributed by atoms with E-state index in [0.29, 0.717) is 24.0 Å². The Morgan fingerprint density at radius 2 is 2.12 bits per heavy atom. The van der Waals surface area contributed by atoms with E-state index in [-0.39, 0.29) is 11.7 Å². The Bertz CT molecular complexity index is 503. The lowest BCUT2D eigenvalue weighted by molar-refractivity contribution is 0.504. The molecule has 6 heteroatoms. The lowest BCUT2D eigenvalue weighted by Crippen LogP contribution is -2.17. The van der Waals surface area contributed by atoms with E-state index in [1.807, 2.05) is 0 Å². The van der Waals surface area contributed by atoms with Crippen molar-refractivity contribution in [2.75, 3.05) is 11.9 Å². The highest BCUT2D eigenvalue weighted by Gasteiger charge is 2.12. The SMILES string of the molecule is CN(Cc1ccccc1F)c1nnc(CCl)o1. The molecular formula is C11H11ClFN3O. The molecule has 0 radical (unpaired) electrons. The number of anilines is 1. The molecule has 0 bridgehead atoms. The molecule has 0 saturated carbocycles. The molecule has 2 rings (SSSR count). The van der Waals surface area contributed by atoms with Gasteiger partial charge in [-0.2, -0.15) is 0 Å². The number of nitrogens with zero attached hydrogens (tertiary/aromatic N) is 3. The number of benzene rings is 1. The molecule has 0 N–H and O–H groups in total. The van der Waals surface area contributed by atoms with E-state index in [1.165, 1.54) is 6.07 Å². The Morgan fingerprint density at radius 1 is 1.35 bits per heavy atom. The van der Waals surface area contributed by atoms with E-state index in [0.717, 1.165) is 0 Å². The van der Waals surface area contributed by atoms with Crippen LogP contribution in [0.3, 0.4) is 0 Å². The minimum atomic E-state index is -0.253. The monoisotopic (exact) mass is 255 g/mol. The van der Waals surface area contributed by atoms with Crippen molar-refractivity contribution in [1.29, 1.82) is 0 Å². The van der Waals surface area contributed by atoms with Crippen molar-refractivity contribution in [3.05, 3.63) is 41.5 Å². The number of rotatable bonds is 4. The molecule has 4 nitrogen and oxygen atoms in total. The Morgan fingerprint density at radius 3 is 2.76 bits per heavy atom. The summed E-state index contributed by atoms with van der Waals surface area (Å²) >= 11 is 5.56. The minimum absolute atomic E-state index is 0.167. The van der Waals surface area contributed by atoms with Gasteiger partial charge >= 0.3 is 6.01 Å². The van der Waals surface area contributed by atoms with Gasteiger partial charge in [0, 0.05) is 19.2 Å². The first-order valence-corrected chi connectivity index (χ1v) is 5.57. The van der Waals surface area contributed by atoms with Crippen molar-refractivity contribution in [2.45, 2.75) is 12.4 Å². The van der Waals surface area contributed by atoms with Crippen LogP contribution >= 0.6 is 11.6 Å². The molecular weight excluding hydrogens is 245 g/mol. The molecule has 0 amide bonds.